The summed E-state index contributed by atoms with van der Waals surface area (Å²) in [7, 11) is 0. The second kappa shape index (κ2) is 6.29. The SMILES string of the molecule is Cc1csc(NC(=O)C(N)CC2CCCCC2)n1. The summed E-state index contributed by atoms with van der Waals surface area (Å²) in [6, 6.07) is -0.405. The molecule has 0 aliphatic heterocycles. The van der Waals surface area contributed by atoms with Crippen LogP contribution in [-0.4, -0.2) is 16.9 Å². The summed E-state index contributed by atoms with van der Waals surface area (Å²) >= 11 is 1.44. The number of aryl methyl sites for hydroxylation is 1. The second-order valence-corrected chi connectivity index (χ2v) is 5.99. The van der Waals surface area contributed by atoms with Gasteiger partial charge in [-0.15, -0.1) is 11.3 Å². The summed E-state index contributed by atoms with van der Waals surface area (Å²) in [5.74, 6) is 0.521. The van der Waals surface area contributed by atoms with E-state index in [0.29, 0.717) is 11.0 Å². The molecular weight excluding hydrogens is 246 g/mol. The lowest BCUT2D eigenvalue weighted by molar-refractivity contribution is -0.117. The number of amides is 1. The van der Waals surface area contributed by atoms with Gasteiger partial charge in [0.2, 0.25) is 5.91 Å². The Kier molecular flexibility index (Phi) is 4.72. The van der Waals surface area contributed by atoms with Gasteiger partial charge < -0.3 is 11.1 Å². The molecule has 4 nitrogen and oxygen atoms in total. The normalized spacial score (nSPS) is 18.6. The molecule has 0 spiro atoms. The Balaban J connectivity index is 1.80. The van der Waals surface area contributed by atoms with Gasteiger partial charge in [0.05, 0.1) is 11.7 Å². The molecule has 1 atom stereocenters. The standard InChI is InChI=1S/C13H21N3OS/c1-9-8-18-13(15-9)16-12(17)11(14)7-10-5-3-2-4-6-10/h8,10-11H,2-7,14H2,1H3,(H,15,16,17). The fraction of sp³-hybridized carbons (Fsp3) is 0.692. The minimum Gasteiger partial charge on any atom is -0.320 e. The zero-order chi connectivity index (χ0) is 13.0. The summed E-state index contributed by atoms with van der Waals surface area (Å²) in [5.41, 5.74) is 6.89. The highest BCUT2D eigenvalue weighted by molar-refractivity contribution is 7.13. The van der Waals surface area contributed by atoms with E-state index in [9.17, 15) is 4.79 Å². The summed E-state index contributed by atoms with van der Waals surface area (Å²) in [6.45, 7) is 1.91. The van der Waals surface area contributed by atoms with Gasteiger partial charge in [-0.3, -0.25) is 4.79 Å². The molecule has 3 N–H and O–H groups in total. The molecule has 5 heteroatoms. The minimum absolute atomic E-state index is 0.102. The fourth-order valence-electron chi connectivity index (χ4n) is 2.50. The molecule has 1 aliphatic rings. The molecule has 0 bridgehead atoms. The van der Waals surface area contributed by atoms with E-state index in [0.717, 1.165) is 12.1 Å². The molecule has 1 saturated carbocycles. The number of nitrogens with two attached hydrogens (primary N) is 1. The van der Waals surface area contributed by atoms with Crippen LogP contribution in [0.25, 0.3) is 0 Å². The van der Waals surface area contributed by atoms with Crippen LogP contribution in [-0.2, 0) is 4.79 Å². The van der Waals surface area contributed by atoms with Crippen LogP contribution in [0, 0.1) is 12.8 Å². The van der Waals surface area contributed by atoms with Crippen LogP contribution in [0.3, 0.4) is 0 Å². The van der Waals surface area contributed by atoms with Gasteiger partial charge >= 0.3 is 0 Å². The van der Waals surface area contributed by atoms with Crippen molar-refractivity contribution in [2.45, 2.75) is 51.5 Å². The average Bonchev–Trinajstić information content (AvgIpc) is 2.76. The van der Waals surface area contributed by atoms with Gasteiger partial charge in [0.1, 0.15) is 0 Å². The van der Waals surface area contributed by atoms with E-state index < -0.39 is 6.04 Å². The highest BCUT2D eigenvalue weighted by Crippen LogP contribution is 2.27. The van der Waals surface area contributed by atoms with Crippen molar-refractivity contribution in [1.82, 2.24) is 4.98 Å². The number of rotatable bonds is 4. The molecular formula is C13H21N3OS. The number of aromatic nitrogens is 1. The lowest BCUT2D eigenvalue weighted by Crippen LogP contribution is -2.37. The van der Waals surface area contributed by atoms with Crippen molar-refractivity contribution in [1.29, 1.82) is 0 Å². The molecule has 1 aromatic rings. The lowest BCUT2D eigenvalue weighted by Gasteiger charge is -2.23. The summed E-state index contributed by atoms with van der Waals surface area (Å²) < 4.78 is 0. The van der Waals surface area contributed by atoms with Gasteiger partial charge in [-0.1, -0.05) is 32.1 Å². The first-order chi connectivity index (χ1) is 8.65. The van der Waals surface area contributed by atoms with Crippen molar-refractivity contribution in [3.8, 4) is 0 Å². The number of thiazole rings is 1. The number of hydrogen-bond donors (Lipinski definition) is 2. The lowest BCUT2D eigenvalue weighted by atomic mass is 9.85. The first-order valence-electron chi connectivity index (χ1n) is 6.63. The summed E-state index contributed by atoms with van der Waals surface area (Å²) in [4.78, 5) is 16.1. The van der Waals surface area contributed by atoms with Crippen LogP contribution < -0.4 is 11.1 Å². The minimum atomic E-state index is -0.405. The Bertz CT molecular complexity index is 399. The monoisotopic (exact) mass is 267 g/mol. The van der Waals surface area contributed by atoms with Crippen molar-refractivity contribution >= 4 is 22.4 Å². The van der Waals surface area contributed by atoms with Gasteiger partial charge in [0, 0.05) is 5.38 Å². The number of nitrogens with zero attached hydrogens (tertiary/aromatic N) is 1. The summed E-state index contributed by atoms with van der Waals surface area (Å²) in [5, 5.41) is 5.36. The number of carbonyl (C=O) groups is 1. The van der Waals surface area contributed by atoms with Crippen LogP contribution in [0.1, 0.15) is 44.2 Å². The zero-order valence-electron chi connectivity index (χ0n) is 10.8. The van der Waals surface area contributed by atoms with Crippen LogP contribution >= 0.6 is 11.3 Å². The van der Waals surface area contributed by atoms with Crippen LogP contribution in [0.2, 0.25) is 0 Å². The first-order valence-corrected chi connectivity index (χ1v) is 7.51. The van der Waals surface area contributed by atoms with Crippen molar-refractivity contribution in [3.05, 3.63) is 11.1 Å². The third kappa shape index (κ3) is 3.78. The van der Waals surface area contributed by atoms with Crippen LogP contribution in [0.4, 0.5) is 5.13 Å². The van der Waals surface area contributed by atoms with Gasteiger partial charge in [0.15, 0.2) is 5.13 Å². The van der Waals surface area contributed by atoms with Gasteiger partial charge in [-0.05, 0) is 19.3 Å². The Morgan fingerprint density at radius 3 is 2.89 bits per heavy atom. The molecule has 2 rings (SSSR count). The highest BCUT2D eigenvalue weighted by atomic mass is 32.1. The van der Waals surface area contributed by atoms with Crippen LogP contribution in [0.15, 0.2) is 5.38 Å². The Labute approximate surface area is 112 Å². The number of anilines is 1. The summed E-state index contributed by atoms with van der Waals surface area (Å²) in [6.07, 6.45) is 7.14. The molecule has 0 radical (unpaired) electrons. The Morgan fingerprint density at radius 2 is 2.28 bits per heavy atom. The quantitative estimate of drug-likeness (QED) is 0.881. The number of nitrogens with one attached hydrogen (secondary N) is 1. The van der Waals surface area contributed by atoms with Crippen molar-refractivity contribution < 1.29 is 4.79 Å². The first kappa shape index (κ1) is 13.5. The maximum Gasteiger partial charge on any atom is 0.243 e. The van der Waals surface area contributed by atoms with Crippen molar-refractivity contribution in [2.24, 2.45) is 11.7 Å². The van der Waals surface area contributed by atoms with Gasteiger partial charge in [0.25, 0.3) is 0 Å². The molecule has 100 valence electrons. The van der Waals surface area contributed by atoms with E-state index in [1.54, 1.807) is 0 Å². The largest absolute Gasteiger partial charge is 0.320 e. The maximum atomic E-state index is 11.9. The Hall–Kier alpha value is -0.940. The van der Waals surface area contributed by atoms with Gasteiger partial charge in [-0.2, -0.15) is 0 Å². The van der Waals surface area contributed by atoms with Crippen LogP contribution in [0.5, 0.6) is 0 Å². The second-order valence-electron chi connectivity index (χ2n) is 5.13. The number of carbonyl (C=O) groups excluding carboxylic acids is 1. The Morgan fingerprint density at radius 1 is 1.56 bits per heavy atom. The smallest absolute Gasteiger partial charge is 0.243 e. The third-order valence-electron chi connectivity index (χ3n) is 3.50. The molecule has 1 unspecified atom stereocenters. The third-order valence-corrected chi connectivity index (χ3v) is 4.37. The fourth-order valence-corrected chi connectivity index (χ4v) is 3.19. The molecule has 1 aromatic heterocycles. The molecule has 1 amide bonds. The van der Waals surface area contributed by atoms with E-state index in [1.807, 2.05) is 12.3 Å². The molecule has 1 fully saturated rings. The van der Waals surface area contributed by atoms with Gasteiger partial charge in [-0.25, -0.2) is 4.98 Å². The van der Waals surface area contributed by atoms with Crippen molar-refractivity contribution in [2.75, 3.05) is 5.32 Å². The van der Waals surface area contributed by atoms with E-state index in [1.165, 1.54) is 43.4 Å². The average molecular weight is 267 g/mol. The molecule has 18 heavy (non-hydrogen) atoms. The maximum absolute atomic E-state index is 11.9. The molecule has 0 saturated heterocycles. The predicted octanol–water partition coefficient (Wildman–Crippen LogP) is 2.69. The molecule has 1 heterocycles. The van der Waals surface area contributed by atoms with Crippen molar-refractivity contribution in [3.63, 3.8) is 0 Å². The molecule has 0 aromatic carbocycles. The topological polar surface area (TPSA) is 68.0 Å². The van der Waals surface area contributed by atoms with E-state index in [4.69, 9.17) is 5.73 Å². The number of hydrogen-bond acceptors (Lipinski definition) is 4. The highest BCUT2D eigenvalue weighted by Gasteiger charge is 2.21. The predicted molar refractivity (Wildman–Crippen MR) is 74.6 cm³/mol. The van der Waals surface area contributed by atoms with E-state index in [-0.39, 0.29) is 5.91 Å². The van der Waals surface area contributed by atoms with E-state index >= 15 is 0 Å². The van der Waals surface area contributed by atoms with E-state index in [2.05, 4.69) is 10.3 Å². The zero-order valence-corrected chi connectivity index (χ0v) is 11.6. The molecule has 1 aliphatic carbocycles.